The van der Waals surface area contributed by atoms with Gasteiger partial charge in [0.1, 0.15) is 0 Å². The lowest BCUT2D eigenvalue weighted by molar-refractivity contribution is 0.192. The number of methoxy groups -OCH3 is 2. The average Bonchev–Trinajstić information content (AvgIpc) is 2.16. The van der Waals surface area contributed by atoms with Crippen LogP contribution in [0.3, 0.4) is 0 Å². The second kappa shape index (κ2) is 4.72. The summed E-state index contributed by atoms with van der Waals surface area (Å²) in [6.07, 6.45) is -0.792. The molecule has 2 N–H and O–H groups in total. The molecule has 0 aromatic heterocycles. The van der Waals surface area contributed by atoms with E-state index in [-0.39, 0.29) is 11.5 Å². The van der Waals surface area contributed by atoms with Gasteiger partial charge in [-0.15, -0.1) is 0 Å². The van der Waals surface area contributed by atoms with Gasteiger partial charge in [-0.3, -0.25) is 0 Å². The van der Waals surface area contributed by atoms with E-state index < -0.39 is 6.10 Å². The summed E-state index contributed by atoms with van der Waals surface area (Å²) >= 11 is 3.25. The third-order valence-electron chi connectivity index (χ3n) is 2.05. The fourth-order valence-electron chi connectivity index (χ4n) is 1.36. The second-order valence-electron chi connectivity index (χ2n) is 3.03. The molecule has 0 amide bonds. The number of halogens is 1. The SMILES string of the molecule is COc1cc(Br)c(C(C)O)c(O)c1OC. The van der Waals surface area contributed by atoms with Crippen LogP contribution in [0, 0.1) is 0 Å². The molecule has 1 atom stereocenters. The van der Waals surface area contributed by atoms with Gasteiger partial charge in [0.25, 0.3) is 0 Å². The molecule has 1 aromatic rings. The summed E-state index contributed by atoms with van der Waals surface area (Å²) in [5.74, 6) is 0.515. The Balaban J connectivity index is 3.44. The topological polar surface area (TPSA) is 58.9 Å². The maximum atomic E-state index is 9.86. The van der Waals surface area contributed by atoms with Crippen LogP contribution in [0.15, 0.2) is 10.5 Å². The molecule has 15 heavy (non-hydrogen) atoms. The smallest absolute Gasteiger partial charge is 0.203 e. The van der Waals surface area contributed by atoms with Gasteiger partial charge in [-0.05, 0) is 13.0 Å². The fraction of sp³-hybridized carbons (Fsp3) is 0.400. The van der Waals surface area contributed by atoms with E-state index in [0.717, 1.165) is 0 Å². The van der Waals surface area contributed by atoms with Crippen LogP contribution in [-0.2, 0) is 0 Å². The summed E-state index contributed by atoms with van der Waals surface area (Å²) in [6, 6.07) is 1.64. The zero-order valence-corrected chi connectivity index (χ0v) is 10.3. The summed E-state index contributed by atoms with van der Waals surface area (Å²) in [6.45, 7) is 1.56. The van der Waals surface area contributed by atoms with Crippen molar-refractivity contribution in [1.82, 2.24) is 0 Å². The third kappa shape index (κ3) is 2.18. The highest BCUT2D eigenvalue weighted by atomic mass is 79.9. The number of hydrogen-bond acceptors (Lipinski definition) is 4. The lowest BCUT2D eigenvalue weighted by Gasteiger charge is -2.16. The molecular weight excluding hydrogens is 264 g/mol. The Hall–Kier alpha value is -0.940. The Labute approximate surface area is 96.6 Å². The Morgan fingerprint density at radius 3 is 2.33 bits per heavy atom. The van der Waals surface area contributed by atoms with Crippen molar-refractivity contribution in [3.63, 3.8) is 0 Å². The van der Waals surface area contributed by atoms with Crippen LogP contribution in [0.1, 0.15) is 18.6 Å². The number of benzene rings is 1. The number of hydrogen-bond donors (Lipinski definition) is 2. The lowest BCUT2D eigenvalue weighted by atomic mass is 10.1. The molecular formula is C10H13BrO4. The molecule has 0 aliphatic carbocycles. The average molecular weight is 277 g/mol. The molecule has 0 aliphatic rings. The molecule has 84 valence electrons. The van der Waals surface area contributed by atoms with Crippen molar-refractivity contribution >= 4 is 15.9 Å². The summed E-state index contributed by atoms with van der Waals surface area (Å²) in [5, 5.41) is 19.3. The van der Waals surface area contributed by atoms with Crippen LogP contribution in [0.2, 0.25) is 0 Å². The van der Waals surface area contributed by atoms with Crippen LogP contribution in [0.4, 0.5) is 0 Å². The van der Waals surface area contributed by atoms with Gasteiger partial charge < -0.3 is 19.7 Å². The van der Waals surface area contributed by atoms with Gasteiger partial charge in [0.2, 0.25) is 5.75 Å². The predicted octanol–water partition coefficient (Wildman–Crippen LogP) is 2.23. The molecule has 0 aliphatic heterocycles. The quantitative estimate of drug-likeness (QED) is 0.889. The number of rotatable bonds is 3. The highest BCUT2D eigenvalue weighted by Gasteiger charge is 2.20. The van der Waals surface area contributed by atoms with Crippen LogP contribution < -0.4 is 9.47 Å². The number of aliphatic hydroxyl groups is 1. The fourth-order valence-corrected chi connectivity index (χ4v) is 2.08. The van der Waals surface area contributed by atoms with Crippen LogP contribution in [0.5, 0.6) is 17.2 Å². The van der Waals surface area contributed by atoms with Gasteiger partial charge in [0.05, 0.1) is 20.3 Å². The van der Waals surface area contributed by atoms with E-state index in [4.69, 9.17) is 9.47 Å². The van der Waals surface area contributed by atoms with Crippen molar-refractivity contribution in [2.75, 3.05) is 14.2 Å². The summed E-state index contributed by atoms with van der Waals surface area (Å²) in [4.78, 5) is 0. The van der Waals surface area contributed by atoms with E-state index in [9.17, 15) is 10.2 Å². The molecule has 1 unspecified atom stereocenters. The van der Waals surface area contributed by atoms with Crippen molar-refractivity contribution in [2.45, 2.75) is 13.0 Å². The van der Waals surface area contributed by atoms with Crippen molar-refractivity contribution in [3.8, 4) is 17.2 Å². The summed E-state index contributed by atoms with van der Waals surface area (Å²) in [5.41, 5.74) is 0.382. The first-order valence-corrected chi connectivity index (χ1v) is 5.13. The normalized spacial score (nSPS) is 12.3. The minimum Gasteiger partial charge on any atom is -0.504 e. The Morgan fingerprint density at radius 1 is 1.33 bits per heavy atom. The minimum atomic E-state index is -0.792. The number of aliphatic hydroxyl groups excluding tert-OH is 1. The standard InChI is InChI=1S/C10H13BrO4/c1-5(12)8-6(11)4-7(14-2)10(15-3)9(8)13/h4-5,12-13H,1-3H3. The first-order chi connectivity index (χ1) is 7.02. The summed E-state index contributed by atoms with van der Waals surface area (Å²) in [7, 11) is 2.91. The number of aromatic hydroxyl groups is 1. The zero-order chi connectivity index (χ0) is 11.6. The van der Waals surface area contributed by atoms with E-state index in [2.05, 4.69) is 15.9 Å². The van der Waals surface area contributed by atoms with E-state index in [1.807, 2.05) is 0 Å². The van der Waals surface area contributed by atoms with Crippen LogP contribution >= 0.6 is 15.9 Å². The van der Waals surface area contributed by atoms with Gasteiger partial charge in [0, 0.05) is 10.0 Å². The van der Waals surface area contributed by atoms with E-state index in [1.165, 1.54) is 14.2 Å². The highest BCUT2D eigenvalue weighted by Crippen LogP contribution is 2.45. The van der Waals surface area contributed by atoms with Gasteiger partial charge >= 0.3 is 0 Å². The van der Waals surface area contributed by atoms with Crippen molar-refractivity contribution in [3.05, 3.63) is 16.1 Å². The highest BCUT2D eigenvalue weighted by molar-refractivity contribution is 9.10. The van der Waals surface area contributed by atoms with Crippen LogP contribution in [0.25, 0.3) is 0 Å². The third-order valence-corrected chi connectivity index (χ3v) is 2.71. The zero-order valence-electron chi connectivity index (χ0n) is 8.74. The molecule has 1 rings (SSSR count). The Morgan fingerprint density at radius 2 is 1.93 bits per heavy atom. The predicted molar refractivity (Wildman–Crippen MR) is 59.5 cm³/mol. The molecule has 1 aromatic carbocycles. The van der Waals surface area contributed by atoms with Crippen molar-refractivity contribution < 1.29 is 19.7 Å². The molecule has 0 fully saturated rings. The largest absolute Gasteiger partial charge is 0.504 e. The molecule has 0 spiro atoms. The van der Waals surface area contributed by atoms with Gasteiger partial charge in [-0.2, -0.15) is 0 Å². The van der Waals surface area contributed by atoms with Gasteiger partial charge in [-0.25, -0.2) is 0 Å². The van der Waals surface area contributed by atoms with Crippen LogP contribution in [-0.4, -0.2) is 24.4 Å². The molecule has 5 heteroatoms. The van der Waals surface area contributed by atoms with Crippen molar-refractivity contribution in [1.29, 1.82) is 0 Å². The lowest BCUT2D eigenvalue weighted by Crippen LogP contribution is -1.98. The molecule has 0 heterocycles. The Bertz CT molecular complexity index is 363. The molecule has 0 saturated carbocycles. The molecule has 0 saturated heterocycles. The first kappa shape index (κ1) is 12.1. The number of phenolic OH excluding ortho intramolecular Hbond substituents is 1. The van der Waals surface area contributed by atoms with E-state index in [1.54, 1.807) is 13.0 Å². The monoisotopic (exact) mass is 276 g/mol. The maximum absolute atomic E-state index is 9.86. The van der Waals surface area contributed by atoms with Gasteiger partial charge in [0.15, 0.2) is 11.5 Å². The van der Waals surface area contributed by atoms with E-state index >= 15 is 0 Å². The first-order valence-electron chi connectivity index (χ1n) is 4.34. The molecule has 0 bridgehead atoms. The number of phenols is 1. The molecule has 4 nitrogen and oxygen atoms in total. The maximum Gasteiger partial charge on any atom is 0.203 e. The Kier molecular flexibility index (Phi) is 3.82. The van der Waals surface area contributed by atoms with Crippen molar-refractivity contribution in [2.24, 2.45) is 0 Å². The molecule has 0 radical (unpaired) electrons. The second-order valence-corrected chi connectivity index (χ2v) is 3.89. The van der Waals surface area contributed by atoms with E-state index in [0.29, 0.717) is 15.8 Å². The summed E-state index contributed by atoms with van der Waals surface area (Å²) < 4.78 is 10.6. The number of ether oxygens (including phenoxy) is 2. The minimum absolute atomic E-state index is 0.112. The van der Waals surface area contributed by atoms with Gasteiger partial charge in [-0.1, -0.05) is 15.9 Å².